The van der Waals surface area contributed by atoms with Crippen molar-refractivity contribution in [3.8, 4) is 0 Å². The first-order valence-corrected chi connectivity index (χ1v) is 9.67. The van der Waals surface area contributed by atoms with Gasteiger partial charge in [-0.15, -0.1) is 0 Å². The fourth-order valence-electron chi connectivity index (χ4n) is 3.66. The van der Waals surface area contributed by atoms with Crippen molar-refractivity contribution in [2.24, 2.45) is 0 Å². The van der Waals surface area contributed by atoms with Crippen LogP contribution in [0.3, 0.4) is 0 Å². The van der Waals surface area contributed by atoms with E-state index in [4.69, 9.17) is 9.72 Å². The Bertz CT molecular complexity index is 563. The molecule has 1 aromatic heterocycles. The van der Waals surface area contributed by atoms with Gasteiger partial charge < -0.3 is 19.9 Å². The standard InChI is InChI=1S/C19H33N5O/c1-5-15-13-17(22-18(21-15)23(3)4)24-10-7-16(8-11-24)20-14-19(2)9-6-12-25-19/h13,16,20H,5-12,14H2,1-4H3/t19-/m0/s1. The molecule has 0 amide bonds. The Morgan fingerprint density at radius 1 is 1.32 bits per heavy atom. The zero-order chi connectivity index (χ0) is 17.9. The van der Waals surface area contributed by atoms with Crippen LogP contribution in [0.5, 0.6) is 0 Å². The lowest BCUT2D eigenvalue weighted by molar-refractivity contribution is 0.0181. The van der Waals surface area contributed by atoms with E-state index in [2.05, 4.69) is 35.1 Å². The molecule has 0 spiro atoms. The van der Waals surface area contributed by atoms with Crippen LogP contribution in [0.2, 0.25) is 0 Å². The molecule has 2 aliphatic heterocycles. The third kappa shape index (κ3) is 4.61. The van der Waals surface area contributed by atoms with Gasteiger partial charge in [-0.1, -0.05) is 6.92 Å². The van der Waals surface area contributed by atoms with Crippen LogP contribution in [0.25, 0.3) is 0 Å². The molecule has 0 saturated carbocycles. The van der Waals surface area contributed by atoms with Crippen LogP contribution in [-0.2, 0) is 11.2 Å². The lowest BCUT2D eigenvalue weighted by Gasteiger charge is -2.35. The minimum absolute atomic E-state index is 0.0421. The van der Waals surface area contributed by atoms with Crippen LogP contribution in [-0.4, -0.2) is 61.9 Å². The number of rotatable bonds is 6. The van der Waals surface area contributed by atoms with Gasteiger partial charge in [0, 0.05) is 58.1 Å². The van der Waals surface area contributed by atoms with Crippen molar-refractivity contribution in [1.82, 2.24) is 15.3 Å². The molecule has 2 fully saturated rings. The zero-order valence-corrected chi connectivity index (χ0v) is 16.2. The van der Waals surface area contributed by atoms with Gasteiger partial charge in [-0.3, -0.25) is 0 Å². The highest BCUT2D eigenvalue weighted by Crippen LogP contribution is 2.25. The highest BCUT2D eigenvalue weighted by molar-refractivity contribution is 5.46. The molecule has 3 heterocycles. The monoisotopic (exact) mass is 347 g/mol. The van der Waals surface area contributed by atoms with Gasteiger partial charge in [-0.25, -0.2) is 4.98 Å². The highest BCUT2D eigenvalue weighted by atomic mass is 16.5. The van der Waals surface area contributed by atoms with Gasteiger partial charge >= 0.3 is 0 Å². The zero-order valence-electron chi connectivity index (χ0n) is 16.2. The van der Waals surface area contributed by atoms with Crippen molar-refractivity contribution in [2.75, 3.05) is 50.1 Å². The molecule has 1 N–H and O–H groups in total. The first-order valence-electron chi connectivity index (χ1n) is 9.67. The molecule has 1 aromatic rings. The Balaban J connectivity index is 1.56. The minimum atomic E-state index is 0.0421. The summed E-state index contributed by atoms with van der Waals surface area (Å²) in [6.07, 6.45) is 5.61. The first-order chi connectivity index (χ1) is 12.0. The molecule has 140 valence electrons. The van der Waals surface area contributed by atoms with Crippen molar-refractivity contribution < 1.29 is 4.74 Å². The number of aromatic nitrogens is 2. The first kappa shape index (κ1) is 18.4. The molecule has 6 nitrogen and oxygen atoms in total. The number of aryl methyl sites for hydroxylation is 1. The van der Waals surface area contributed by atoms with E-state index in [1.165, 1.54) is 12.8 Å². The van der Waals surface area contributed by atoms with E-state index in [-0.39, 0.29) is 5.60 Å². The summed E-state index contributed by atoms with van der Waals surface area (Å²) in [5.74, 6) is 1.88. The Morgan fingerprint density at radius 3 is 2.68 bits per heavy atom. The molecule has 6 heteroatoms. The molecule has 0 aromatic carbocycles. The van der Waals surface area contributed by atoms with Crippen molar-refractivity contribution in [3.05, 3.63) is 11.8 Å². The van der Waals surface area contributed by atoms with Gasteiger partial charge in [-0.2, -0.15) is 4.98 Å². The van der Waals surface area contributed by atoms with Crippen LogP contribution in [0.1, 0.15) is 45.2 Å². The Morgan fingerprint density at radius 2 is 2.08 bits per heavy atom. The van der Waals surface area contributed by atoms with Crippen LogP contribution in [0.4, 0.5) is 11.8 Å². The number of ether oxygens (including phenoxy) is 1. The van der Waals surface area contributed by atoms with Crippen LogP contribution in [0, 0.1) is 0 Å². The smallest absolute Gasteiger partial charge is 0.227 e. The summed E-state index contributed by atoms with van der Waals surface area (Å²) in [5.41, 5.74) is 1.15. The van der Waals surface area contributed by atoms with E-state index < -0.39 is 0 Å². The average molecular weight is 348 g/mol. The summed E-state index contributed by atoms with van der Waals surface area (Å²) in [5, 5.41) is 3.74. The Hall–Kier alpha value is -1.40. The molecule has 2 saturated heterocycles. The lowest BCUT2D eigenvalue weighted by atomic mass is 10.00. The number of hydrogen-bond acceptors (Lipinski definition) is 6. The maximum atomic E-state index is 5.89. The third-order valence-electron chi connectivity index (χ3n) is 5.40. The maximum absolute atomic E-state index is 5.89. The summed E-state index contributed by atoms with van der Waals surface area (Å²) in [4.78, 5) is 13.7. The highest BCUT2D eigenvalue weighted by Gasteiger charge is 2.31. The fraction of sp³-hybridized carbons (Fsp3) is 0.789. The predicted octanol–water partition coefficient (Wildman–Crippen LogP) is 2.23. The van der Waals surface area contributed by atoms with Gasteiger partial charge in [0.25, 0.3) is 0 Å². The van der Waals surface area contributed by atoms with Crippen molar-refractivity contribution in [1.29, 1.82) is 0 Å². The fourth-order valence-corrected chi connectivity index (χ4v) is 3.66. The number of piperidine rings is 1. The molecular weight excluding hydrogens is 314 g/mol. The molecule has 2 aliphatic rings. The number of anilines is 2. The van der Waals surface area contributed by atoms with E-state index in [1.54, 1.807) is 0 Å². The molecule has 3 rings (SSSR count). The van der Waals surface area contributed by atoms with Gasteiger partial charge in [0.05, 0.1) is 5.60 Å². The third-order valence-corrected chi connectivity index (χ3v) is 5.40. The molecule has 25 heavy (non-hydrogen) atoms. The summed E-state index contributed by atoms with van der Waals surface area (Å²) < 4.78 is 5.89. The lowest BCUT2D eigenvalue weighted by Crippen LogP contribution is -2.47. The summed E-state index contributed by atoms with van der Waals surface area (Å²) in [6.45, 7) is 8.35. The molecule has 0 unspecified atom stereocenters. The molecular formula is C19H33N5O. The van der Waals surface area contributed by atoms with Gasteiger partial charge in [0.2, 0.25) is 5.95 Å². The normalized spacial score (nSPS) is 24.7. The number of nitrogens with one attached hydrogen (secondary N) is 1. The van der Waals surface area contributed by atoms with Crippen molar-refractivity contribution >= 4 is 11.8 Å². The van der Waals surface area contributed by atoms with Crippen LogP contribution >= 0.6 is 0 Å². The molecule has 0 bridgehead atoms. The van der Waals surface area contributed by atoms with E-state index in [9.17, 15) is 0 Å². The van der Waals surface area contributed by atoms with Gasteiger partial charge in [0.1, 0.15) is 5.82 Å². The average Bonchev–Trinajstić information content (AvgIpc) is 3.07. The second-order valence-corrected chi connectivity index (χ2v) is 7.81. The van der Waals surface area contributed by atoms with Crippen molar-refractivity contribution in [2.45, 2.75) is 57.6 Å². The summed E-state index contributed by atoms with van der Waals surface area (Å²) in [7, 11) is 4.00. The number of nitrogens with zero attached hydrogens (tertiary/aromatic N) is 4. The molecule has 0 radical (unpaired) electrons. The Labute approximate surface area is 152 Å². The van der Waals surface area contributed by atoms with E-state index in [0.29, 0.717) is 6.04 Å². The van der Waals surface area contributed by atoms with Crippen LogP contribution in [0.15, 0.2) is 6.07 Å². The largest absolute Gasteiger partial charge is 0.374 e. The minimum Gasteiger partial charge on any atom is -0.374 e. The van der Waals surface area contributed by atoms with E-state index in [1.807, 2.05) is 19.0 Å². The van der Waals surface area contributed by atoms with E-state index >= 15 is 0 Å². The number of hydrogen-bond donors (Lipinski definition) is 1. The van der Waals surface area contributed by atoms with Crippen LogP contribution < -0.4 is 15.1 Å². The predicted molar refractivity (Wildman–Crippen MR) is 103 cm³/mol. The maximum Gasteiger partial charge on any atom is 0.227 e. The van der Waals surface area contributed by atoms with E-state index in [0.717, 1.165) is 63.0 Å². The second kappa shape index (κ2) is 7.87. The quantitative estimate of drug-likeness (QED) is 0.852. The topological polar surface area (TPSA) is 53.5 Å². The molecule has 1 atom stereocenters. The Kier molecular flexibility index (Phi) is 5.79. The van der Waals surface area contributed by atoms with Gasteiger partial charge in [0.15, 0.2) is 0 Å². The SMILES string of the molecule is CCc1cc(N2CCC(NC[C@]3(C)CCCO3)CC2)nc(N(C)C)n1. The molecule has 0 aliphatic carbocycles. The van der Waals surface area contributed by atoms with Gasteiger partial charge in [-0.05, 0) is 39.0 Å². The summed E-state index contributed by atoms with van der Waals surface area (Å²) >= 11 is 0. The van der Waals surface area contributed by atoms with Crippen molar-refractivity contribution in [3.63, 3.8) is 0 Å². The second-order valence-electron chi connectivity index (χ2n) is 7.81. The summed E-state index contributed by atoms with van der Waals surface area (Å²) in [6, 6.07) is 2.73.